The van der Waals surface area contributed by atoms with Gasteiger partial charge in [0.05, 0.1) is 21.4 Å². The fourth-order valence-corrected chi connectivity index (χ4v) is 9.05. The summed E-state index contributed by atoms with van der Waals surface area (Å²) in [5, 5.41) is 5.11. The van der Waals surface area contributed by atoms with Crippen LogP contribution in [0.1, 0.15) is 5.56 Å². The Morgan fingerprint density at radius 3 is 2.13 bits per heavy atom. The highest BCUT2D eigenvalue weighted by Crippen LogP contribution is 2.43. The number of nitrogens with zero attached hydrogens (tertiary/aromatic N) is 2. The van der Waals surface area contributed by atoms with Crippen molar-refractivity contribution in [2.24, 2.45) is 0 Å². The maximum atomic E-state index is 4.36. The van der Waals surface area contributed by atoms with Crippen LogP contribution in [0.25, 0.3) is 75.5 Å². The van der Waals surface area contributed by atoms with Crippen molar-refractivity contribution in [1.29, 1.82) is 0 Å². The molecule has 0 saturated heterocycles. The van der Waals surface area contributed by atoms with E-state index in [2.05, 4.69) is 198 Å². The summed E-state index contributed by atoms with van der Waals surface area (Å²) in [5.41, 5.74) is 13.0. The van der Waals surface area contributed by atoms with E-state index in [1.165, 1.54) is 69.9 Å². The van der Waals surface area contributed by atoms with Gasteiger partial charge in [0.1, 0.15) is 0 Å². The van der Waals surface area contributed by atoms with E-state index < -0.39 is 0 Å². The largest absolute Gasteiger partial charge is 0.337 e. The quantitative estimate of drug-likeness (QED) is 0.179. The maximum Gasteiger partial charge on any atom is 0.0640 e. The molecule has 0 atom stereocenters. The molecule has 0 aliphatic carbocycles. The summed E-state index contributed by atoms with van der Waals surface area (Å²) < 4.78 is 5.08. The van der Waals surface area contributed by atoms with Crippen molar-refractivity contribution in [1.82, 2.24) is 4.57 Å². The Hall–Kier alpha value is -6.42. The topological polar surface area (TPSA) is 8.17 Å². The van der Waals surface area contributed by atoms with E-state index in [9.17, 15) is 0 Å². The molecule has 0 amide bonds. The van der Waals surface area contributed by atoms with Crippen LogP contribution in [0.3, 0.4) is 0 Å². The minimum atomic E-state index is 0.765. The molecule has 1 aliphatic heterocycles. The third-order valence-corrected chi connectivity index (χ3v) is 11.6. The van der Waals surface area contributed by atoms with E-state index >= 15 is 0 Å². The van der Waals surface area contributed by atoms with Crippen LogP contribution in [0.4, 0.5) is 11.4 Å². The zero-order chi connectivity index (χ0) is 34.6. The lowest BCUT2D eigenvalue weighted by molar-refractivity contribution is 1.09. The third-order valence-electron chi connectivity index (χ3n) is 10.4. The first kappa shape index (κ1) is 30.4. The number of thiophene rings is 1. The SMILES string of the molecule is C=C1/C=C\C=C/CN(c2cccc(-c3ccc4c(c3)c3ccccc3n4-c3cccc4c3sc3ccc(-c5ccccc5)cc34)c2)c2ccccc21. The molecule has 3 heteroatoms. The number of aromatic nitrogens is 1. The molecular weight excluding hydrogens is 649 g/mol. The number of allylic oxidation sites excluding steroid dienone is 4. The molecule has 0 bridgehead atoms. The van der Waals surface area contributed by atoms with Crippen molar-refractivity contribution in [2.45, 2.75) is 0 Å². The first-order chi connectivity index (χ1) is 25.7. The van der Waals surface area contributed by atoms with Gasteiger partial charge in [-0.1, -0.05) is 134 Å². The Kier molecular flexibility index (Phi) is 7.26. The first-order valence-corrected chi connectivity index (χ1v) is 18.6. The van der Waals surface area contributed by atoms with E-state index in [1.54, 1.807) is 0 Å². The summed E-state index contributed by atoms with van der Waals surface area (Å²) in [5.74, 6) is 0. The Balaban J connectivity index is 1.11. The van der Waals surface area contributed by atoms with E-state index in [-0.39, 0.29) is 0 Å². The van der Waals surface area contributed by atoms with Crippen molar-refractivity contribution in [3.8, 4) is 27.9 Å². The molecule has 0 radical (unpaired) electrons. The van der Waals surface area contributed by atoms with Crippen LogP contribution in [-0.4, -0.2) is 11.1 Å². The van der Waals surface area contributed by atoms with Crippen LogP contribution in [-0.2, 0) is 0 Å². The van der Waals surface area contributed by atoms with E-state index in [1.807, 2.05) is 11.3 Å². The zero-order valence-corrected chi connectivity index (χ0v) is 29.4. The van der Waals surface area contributed by atoms with Crippen molar-refractivity contribution >= 4 is 70.3 Å². The van der Waals surface area contributed by atoms with Crippen LogP contribution >= 0.6 is 11.3 Å². The lowest BCUT2D eigenvalue weighted by Gasteiger charge is -2.26. The Bertz CT molecular complexity index is 2900. The summed E-state index contributed by atoms with van der Waals surface area (Å²) in [7, 11) is 0. The standard InChI is InChI=1S/C49H34N2S/c1-33-14-4-3-11-29-50(44-22-9-7-19-39(33)44)38-18-12-17-35(30-38)37-25-27-46-42(31-37)40-20-8-10-23-45(40)51(46)47-24-13-21-41-43-32-36(34-15-5-2-6-16-34)26-28-48(43)52-49(41)47/h2-28,30-32H,1,29H2/b11-3-,14-4-. The van der Waals surface area contributed by atoms with Gasteiger partial charge in [-0.3, -0.25) is 0 Å². The van der Waals surface area contributed by atoms with Gasteiger partial charge in [-0.2, -0.15) is 0 Å². The summed E-state index contributed by atoms with van der Waals surface area (Å²) in [6.07, 6.45) is 8.48. The monoisotopic (exact) mass is 682 g/mol. The molecule has 52 heavy (non-hydrogen) atoms. The molecule has 0 N–H and O–H groups in total. The highest BCUT2D eigenvalue weighted by molar-refractivity contribution is 7.26. The number of hydrogen-bond donors (Lipinski definition) is 0. The smallest absolute Gasteiger partial charge is 0.0640 e. The molecule has 0 unspecified atom stereocenters. The number of fused-ring (bicyclic) bond motifs is 7. The molecule has 0 spiro atoms. The average Bonchev–Trinajstić information content (AvgIpc) is 3.76. The molecule has 10 rings (SSSR count). The van der Waals surface area contributed by atoms with Gasteiger partial charge in [-0.15, -0.1) is 11.3 Å². The Morgan fingerprint density at radius 2 is 1.19 bits per heavy atom. The van der Waals surface area contributed by atoms with E-state index in [0.717, 1.165) is 29.1 Å². The van der Waals surface area contributed by atoms with E-state index in [4.69, 9.17) is 0 Å². The summed E-state index contributed by atoms with van der Waals surface area (Å²) in [6, 6.07) is 57.6. The van der Waals surface area contributed by atoms with Crippen molar-refractivity contribution in [3.63, 3.8) is 0 Å². The summed E-state index contributed by atoms with van der Waals surface area (Å²) in [4.78, 5) is 2.38. The number of hydrogen-bond acceptors (Lipinski definition) is 2. The second kappa shape index (κ2) is 12.4. The highest BCUT2D eigenvalue weighted by atomic mass is 32.1. The number of para-hydroxylation sites is 2. The molecule has 2 nitrogen and oxygen atoms in total. The van der Waals surface area contributed by atoms with Gasteiger partial charge in [0.25, 0.3) is 0 Å². The second-order valence-corrected chi connectivity index (χ2v) is 14.5. The molecule has 0 saturated carbocycles. The Labute approximate surface area is 307 Å². The molecule has 9 aromatic rings. The molecule has 7 aromatic carbocycles. The number of rotatable bonds is 4. The fraction of sp³-hybridized carbons (Fsp3) is 0.0204. The molecule has 3 heterocycles. The Morgan fingerprint density at radius 1 is 0.500 bits per heavy atom. The second-order valence-electron chi connectivity index (χ2n) is 13.4. The normalized spacial score (nSPS) is 14.4. The van der Waals surface area contributed by atoms with Gasteiger partial charge >= 0.3 is 0 Å². The predicted octanol–water partition coefficient (Wildman–Crippen LogP) is 13.8. The van der Waals surface area contributed by atoms with Crippen molar-refractivity contribution in [3.05, 3.63) is 194 Å². The van der Waals surface area contributed by atoms with Crippen LogP contribution in [0.2, 0.25) is 0 Å². The lowest BCUT2D eigenvalue weighted by Crippen LogP contribution is -2.18. The maximum absolute atomic E-state index is 4.36. The van der Waals surface area contributed by atoms with Crippen LogP contribution in [0, 0.1) is 0 Å². The lowest BCUT2D eigenvalue weighted by atomic mass is 10.0. The predicted molar refractivity (Wildman–Crippen MR) is 225 cm³/mol. The molecular formula is C49H34N2S. The van der Waals surface area contributed by atoms with Gasteiger partial charge in [0.2, 0.25) is 0 Å². The van der Waals surface area contributed by atoms with Gasteiger partial charge in [0, 0.05) is 49.7 Å². The summed E-state index contributed by atoms with van der Waals surface area (Å²) >= 11 is 1.88. The first-order valence-electron chi connectivity index (χ1n) is 17.7. The minimum Gasteiger partial charge on any atom is -0.337 e. The van der Waals surface area contributed by atoms with Crippen molar-refractivity contribution < 1.29 is 0 Å². The van der Waals surface area contributed by atoms with Crippen LogP contribution in [0.5, 0.6) is 0 Å². The third kappa shape index (κ3) is 5.01. The minimum absolute atomic E-state index is 0.765. The van der Waals surface area contributed by atoms with Gasteiger partial charge < -0.3 is 9.47 Å². The van der Waals surface area contributed by atoms with Gasteiger partial charge in [-0.25, -0.2) is 0 Å². The molecule has 1 aliphatic rings. The highest BCUT2D eigenvalue weighted by Gasteiger charge is 2.19. The van der Waals surface area contributed by atoms with E-state index in [0.29, 0.717) is 0 Å². The van der Waals surface area contributed by atoms with Gasteiger partial charge in [-0.05, 0) is 82.4 Å². The van der Waals surface area contributed by atoms with Crippen LogP contribution < -0.4 is 4.90 Å². The fourth-order valence-electron chi connectivity index (χ4n) is 7.86. The zero-order valence-electron chi connectivity index (χ0n) is 28.5. The molecule has 2 aromatic heterocycles. The molecule has 246 valence electrons. The van der Waals surface area contributed by atoms with Gasteiger partial charge in [0.15, 0.2) is 0 Å². The summed E-state index contributed by atoms with van der Waals surface area (Å²) in [6.45, 7) is 5.13. The number of anilines is 2. The molecule has 0 fully saturated rings. The number of benzene rings is 7. The van der Waals surface area contributed by atoms with Crippen LogP contribution in [0.15, 0.2) is 189 Å². The average molecular weight is 683 g/mol. The van der Waals surface area contributed by atoms with Crippen molar-refractivity contribution in [2.75, 3.05) is 11.4 Å².